The Balaban J connectivity index is 0. The Kier molecular flexibility index (Phi) is 17.3. The molecule has 0 amide bonds. The topological polar surface area (TPSA) is 111 Å². The van der Waals surface area contributed by atoms with E-state index < -0.39 is 23.0 Å². The molecular formula is C18H16Ac5N2O5. The molecule has 0 aliphatic carbocycles. The van der Waals surface area contributed by atoms with E-state index in [0.717, 1.165) is 0 Å². The molecule has 0 aliphatic rings. The van der Waals surface area contributed by atoms with Crippen LogP contribution in [0.2, 0.25) is 0 Å². The average molecular weight is 1480 g/mol. The molecule has 0 saturated heterocycles. The fourth-order valence-corrected chi connectivity index (χ4v) is 3.39. The van der Waals surface area contributed by atoms with E-state index in [2.05, 4.69) is 0 Å². The van der Waals surface area contributed by atoms with Crippen LogP contribution in [0.4, 0.5) is 0 Å². The van der Waals surface area contributed by atoms with E-state index in [9.17, 15) is 25.5 Å². The number of nitrogens with zero attached hydrogens (tertiary/aromatic N) is 2. The minimum atomic E-state index is -0.684. The molecule has 30 heavy (non-hydrogen) atoms. The quantitative estimate of drug-likeness (QED) is 0.189. The van der Waals surface area contributed by atoms with Gasteiger partial charge in [-0.3, -0.25) is 0 Å². The van der Waals surface area contributed by atoms with Crippen molar-refractivity contribution in [1.82, 2.24) is 9.13 Å². The molecule has 7 nitrogen and oxygen atoms in total. The van der Waals surface area contributed by atoms with Crippen molar-refractivity contribution >= 4 is 21.8 Å². The summed E-state index contributed by atoms with van der Waals surface area (Å²) >= 11 is 0. The number of phenolic OH excluding ortho intramolecular Hbond substituents is 5. The van der Waals surface area contributed by atoms with Gasteiger partial charge in [0.2, 0.25) is 5.75 Å². The molecule has 143 valence electrons. The first kappa shape index (κ1) is 35.9. The summed E-state index contributed by atoms with van der Waals surface area (Å²) in [7, 11) is 3.47. The number of phenols is 5. The summed E-state index contributed by atoms with van der Waals surface area (Å²) < 4.78 is 3.35. The van der Waals surface area contributed by atoms with Crippen LogP contribution < -0.4 is 0 Å². The van der Waals surface area contributed by atoms with Crippen molar-refractivity contribution in [2.45, 2.75) is 0 Å². The van der Waals surface area contributed by atoms with E-state index >= 15 is 0 Å². The first-order chi connectivity index (χ1) is 11.8. The molecule has 0 atom stereocenters. The molecule has 0 unspecified atom stereocenters. The summed E-state index contributed by atoms with van der Waals surface area (Å²) in [6, 6.07) is 4.82. The van der Waals surface area contributed by atoms with Crippen molar-refractivity contribution in [2.75, 3.05) is 0 Å². The van der Waals surface area contributed by atoms with Crippen LogP contribution in [-0.2, 0) is 14.1 Å². The van der Waals surface area contributed by atoms with Crippen LogP contribution in [0.1, 0.15) is 0 Å². The van der Waals surface area contributed by atoms with Gasteiger partial charge < -0.3 is 34.7 Å². The fourth-order valence-electron chi connectivity index (χ4n) is 3.39. The van der Waals surface area contributed by atoms with Gasteiger partial charge in [0.25, 0.3) is 0 Å². The monoisotopic (exact) mass is 1480 g/mol. The summed E-state index contributed by atoms with van der Waals surface area (Å²) in [6.45, 7) is 0. The van der Waals surface area contributed by atoms with Gasteiger partial charge in [0.15, 0.2) is 23.0 Å². The number of rotatable bonds is 1. The number of aromatic nitrogens is 2. The normalized spacial score (nSPS) is 9.67. The number of hydrogen-bond donors (Lipinski definition) is 5. The van der Waals surface area contributed by atoms with Gasteiger partial charge in [-0.15, -0.1) is 0 Å². The molecule has 0 bridgehead atoms. The van der Waals surface area contributed by atoms with Crippen molar-refractivity contribution in [3.63, 3.8) is 0 Å². The molecule has 0 spiro atoms. The molecule has 2 aromatic carbocycles. The zero-order valence-electron chi connectivity index (χ0n) is 16.4. The SMILES string of the molecule is Cn1ccc2c(-c3c(O)c(O)c(O)c4c3ccn4C)c(O)c(O)cc21.[Ac].[Ac].[Ac].[Ac].[Ac]. The summed E-state index contributed by atoms with van der Waals surface area (Å²) in [5.74, 6) is -2.46. The average Bonchev–Trinajstić information content (AvgIpc) is 3.12. The Morgan fingerprint density at radius 3 is 1.70 bits per heavy atom. The maximum Gasteiger partial charge on any atom is 0.203 e. The van der Waals surface area contributed by atoms with Crippen LogP contribution in [0, 0.1) is 220 Å². The Bertz CT molecular complexity index is 1190. The van der Waals surface area contributed by atoms with Gasteiger partial charge in [0.05, 0.1) is 11.0 Å². The van der Waals surface area contributed by atoms with Gasteiger partial charge in [-0.05, 0) is 12.1 Å². The number of hydrogen-bond acceptors (Lipinski definition) is 5. The molecule has 2 heterocycles. The molecule has 5 radical (unpaired) electrons. The van der Waals surface area contributed by atoms with Crippen LogP contribution in [-0.4, -0.2) is 34.7 Å². The second kappa shape index (κ2) is 14.5. The van der Waals surface area contributed by atoms with Crippen molar-refractivity contribution in [1.29, 1.82) is 0 Å². The molecule has 5 N–H and O–H groups in total. The van der Waals surface area contributed by atoms with E-state index in [1.165, 1.54) is 6.07 Å². The van der Waals surface area contributed by atoms with Gasteiger partial charge >= 0.3 is 0 Å². The van der Waals surface area contributed by atoms with Gasteiger partial charge in [0, 0.05) is 275 Å². The van der Waals surface area contributed by atoms with Crippen molar-refractivity contribution in [3.05, 3.63) is 30.6 Å². The molecule has 2 aromatic heterocycles. The summed E-state index contributed by atoms with van der Waals surface area (Å²) in [5.41, 5.74) is 1.26. The number of benzene rings is 2. The van der Waals surface area contributed by atoms with E-state index in [1.54, 1.807) is 47.8 Å². The standard InChI is InChI=1S/C18H16N2O5.5Ac/c1-19-5-3-8-10(19)7-11(21)15(22)12(8)13-9-4-6-20(2)14(9)17(24)18(25)16(13)23;;;;;/h3-7,21-25H,1-2H3;;;;;. The van der Waals surface area contributed by atoms with Gasteiger partial charge in [0.1, 0.15) is 0 Å². The van der Waals surface area contributed by atoms with Gasteiger partial charge in [-0.1, -0.05) is 0 Å². The zero-order valence-corrected chi connectivity index (χ0v) is 40.1. The molecule has 4 rings (SSSR count). The van der Waals surface area contributed by atoms with E-state index in [4.69, 9.17) is 0 Å². The number of fused-ring (bicyclic) bond motifs is 2. The largest absolute Gasteiger partial charge is 0.504 e. The predicted octanol–water partition coefficient (Wildman–Crippen LogP) is 2.87. The van der Waals surface area contributed by atoms with Gasteiger partial charge in [-0.25, -0.2) is 0 Å². The predicted molar refractivity (Wildman–Crippen MR) is 93.2 cm³/mol. The molecule has 0 aliphatic heterocycles. The summed E-state index contributed by atoms with van der Waals surface area (Å²) in [6.07, 6.45) is 3.42. The first-order valence-electron chi connectivity index (χ1n) is 7.55. The smallest absolute Gasteiger partial charge is 0.203 e. The molecular weight excluding hydrogens is 1460 g/mol. The summed E-state index contributed by atoms with van der Waals surface area (Å²) in [4.78, 5) is 0. The minimum absolute atomic E-state index is 0. The number of aryl methyl sites for hydroxylation is 2. The maximum atomic E-state index is 10.5. The Hall–Kier alpha value is 3.73. The Morgan fingerprint density at radius 1 is 0.600 bits per heavy atom. The molecule has 4 aromatic rings. The Morgan fingerprint density at radius 2 is 1.10 bits per heavy atom. The number of aromatic hydroxyl groups is 5. The summed E-state index contributed by atoms with van der Waals surface area (Å²) in [5, 5.41) is 52.5. The first-order valence-corrected chi connectivity index (χ1v) is 7.55. The van der Waals surface area contributed by atoms with Crippen LogP contribution in [0.5, 0.6) is 28.7 Å². The zero-order chi connectivity index (χ0) is 18.0. The van der Waals surface area contributed by atoms with Crippen LogP contribution >= 0.6 is 0 Å². The third-order valence-electron chi connectivity index (χ3n) is 4.64. The fraction of sp³-hybridized carbons (Fsp3) is 0.111. The van der Waals surface area contributed by atoms with Gasteiger partial charge in [-0.2, -0.15) is 0 Å². The third kappa shape index (κ3) is 6.16. The van der Waals surface area contributed by atoms with E-state index in [0.29, 0.717) is 21.8 Å². The van der Waals surface area contributed by atoms with Crippen molar-refractivity contribution in [2.24, 2.45) is 14.1 Å². The Labute approximate surface area is 352 Å². The molecule has 0 saturated carbocycles. The van der Waals surface area contributed by atoms with Crippen LogP contribution in [0.25, 0.3) is 32.9 Å². The van der Waals surface area contributed by atoms with Crippen LogP contribution in [0.15, 0.2) is 30.6 Å². The third-order valence-corrected chi connectivity index (χ3v) is 4.64. The second-order valence-corrected chi connectivity index (χ2v) is 6.09. The maximum absolute atomic E-state index is 10.5. The van der Waals surface area contributed by atoms with Crippen LogP contribution in [0.3, 0.4) is 0 Å². The minimum Gasteiger partial charge on any atom is -0.504 e. The van der Waals surface area contributed by atoms with Crippen molar-refractivity contribution in [3.8, 4) is 39.9 Å². The van der Waals surface area contributed by atoms with E-state index in [-0.39, 0.29) is 237 Å². The molecule has 12 heteroatoms. The molecule has 0 fully saturated rings. The van der Waals surface area contributed by atoms with E-state index in [1.807, 2.05) is 0 Å². The van der Waals surface area contributed by atoms with Crippen molar-refractivity contribution < 1.29 is 246 Å². The second-order valence-electron chi connectivity index (χ2n) is 6.09.